The molecule has 2 aromatic rings. The van der Waals surface area contributed by atoms with E-state index in [1.807, 2.05) is 55.5 Å². The molecule has 22 heavy (non-hydrogen) atoms. The van der Waals surface area contributed by atoms with Crippen molar-refractivity contribution < 1.29 is 9.53 Å². The van der Waals surface area contributed by atoms with Crippen LogP contribution in [-0.4, -0.2) is 12.5 Å². The number of halogens is 1. The minimum atomic E-state index is -0.182. The molecule has 4 heteroatoms. The number of hydrogen-bond acceptors (Lipinski definition) is 2. The smallest absolute Gasteiger partial charge is 0.262 e. The van der Waals surface area contributed by atoms with E-state index < -0.39 is 0 Å². The summed E-state index contributed by atoms with van der Waals surface area (Å²) < 4.78 is 6.60. The minimum Gasteiger partial charge on any atom is -0.483 e. The predicted octanol–water partition coefficient (Wildman–Crippen LogP) is 4.50. The summed E-state index contributed by atoms with van der Waals surface area (Å²) in [6.07, 6.45) is 2.52. The Balaban J connectivity index is 1.97. The van der Waals surface area contributed by atoms with E-state index in [0.717, 1.165) is 21.3 Å². The largest absolute Gasteiger partial charge is 0.483 e. The number of carbonyl (C=O) groups is 1. The molecule has 2 rings (SSSR count). The molecule has 0 heterocycles. The number of nitrogens with one attached hydrogen (secondary N) is 1. The van der Waals surface area contributed by atoms with Crippen LogP contribution >= 0.6 is 15.9 Å². The van der Waals surface area contributed by atoms with Gasteiger partial charge in [0, 0.05) is 10.2 Å². The van der Waals surface area contributed by atoms with Crippen molar-refractivity contribution >= 4 is 27.5 Å². The van der Waals surface area contributed by atoms with Crippen LogP contribution in [0, 0.1) is 6.92 Å². The van der Waals surface area contributed by atoms with Crippen molar-refractivity contribution in [2.75, 3.05) is 11.9 Å². The van der Waals surface area contributed by atoms with Crippen molar-refractivity contribution in [2.45, 2.75) is 13.3 Å². The summed E-state index contributed by atoms with van der Waals surface area (Å²) in [5, 5.41) is 2.85. The number of allylic oxidation sites excluding steroid dienone is 1. The summed E-state index contributed by atoms with van der Waals surface area (Å²) in [4.78, 5) is 12.0. The fraction of sp³-hybridized carbons (Fsp3) is 0.167. The van der Waals surface area contributed by atoms with Crippen LogP contribution < -0.4 is 10.1 Å². The van der Waals surface area contributed by atoms with Crippen molar-refractivity contribution in [3.8, 4) is 5.75 Å². The molecule has 0 aliphatic rings. The summed E-state index contributed by atoms with van der Waals surface area (Å²) in [6.45, 7) is 5.65. The topological polar surface area (TPSA) is 38.3 Å². The lowest BCUT2D eigenvalue weighted by atomic mass is 10.1. The number of anilines is 1. The Bertz CT molecular complexity index is 683. The van der Waals surface area contributed by atoms with Crippen molar-refractivity contribution in [1.29, 1.82) is 0 Å². The first-order chi connectivity index (χ1) is 10.6. The molecule has 0 radical (unpaired) electrons. The van der Waals surface area contributed by atoms with E-state index in [-0.39, 0.29) is 12.5 Å². The molecule has 0 fully saturated rings. The quantitative estimate of drug-likeness (QED) is 0.770. The second-order valence-electron chi connectivity index (χ2n) is 4.90. The van der Waals surface area contributed by atoms with Gasteiger partial charge in [-0.2, -0.15) is 0 Å². The molecule has 0 atom stereocenters. The van der Waals surface area contributed by atoms with Crippen molar-refractivity contribution in [3.63, 3.8) is 0 Å². The Morgan fingerprint density at radius 2 is 2.09 bits per heavy atom. The van der Waals surface area contributed by atoms with Gasteiger partial charge in [-0.1, -0.05) is 40.2 Å². The predicted molar refractivity (Wildman–Crippen MR) is 93.3 cm³/mol. The molecule has 0 bridgehead atoms. The van der Waals surface area contributed by atoms with E-state index in [4.69, 9.17) is 4.74 Å². The van der Waals surface area contributed by atoms with Crippen LogP contribution in [0.1, 0.15) is 11.1 Å². The second-order valence-corrected chi connectivity index (χ2v) is 5.81. The highest BCUT2D eigenvalue weighted by atomic mass is 79.9. The van der Waals surface area contributed by atoms with E-state index in [1.165, 1.54) is 0 Å². The highest BCUT2D eigenvalue weighted by molar-refractivity contribution is 9.10. The number of benzene rings is 2. The molecule has 3 nitrogen and oxygen atoms in total. The molecule has 0 unspecified atom stereocenters. The first-order valence-corrected chi connectivity index (χ1v) is 7.77. The maximum absolute atomic E-state index is 12.0. The van der Waals surface area contributed by atoms with Crippen molar-refractivity contribution in [3.05, 3.63) is 70.7 Å². The van der Waals surface area contributed by atoms with E-state index in [1.54, 1.807) is 0 Å². The van der Waals surface area contributed by atoms with Gasteiger partial charge in [-0.15, -0.1) is 6.58 Å². The summed E-state index contributed by atoms with van der Waals surface area (Å²) in [7, 11) is 0. The van der Waals surface area contributed by atoms with E-state index >= 15 is 0 Å². The molecular formula is C18H18BrNO2. The number of carbonyl (C=O) groups excluding carboxylic acids is 1. The van der Waals surface area contributed by atoms with Crippen LogP contribution in [0.25, 0.3) is 0 Å². The zero-order valence-electron chi connectivity index (χ0n) is 12.4. The Morgan fingerprint density at radius 1 is 1.32 bits per heavy atom. The lowest BCUT2D eigenvalue weighted by Crippen LogP contribution is -2.21. The summed E-state index contributed by atoms with van der Waals surface area (Å²) >= 11 is 3.40. The summed E-state index contributed by atoms with van der Waals surface area (Å²) in [6, 6.07) is 13.4. The summed E-state index contributed by atoms with van der Waals surface area (Å²) in [5.74, 6) is 0.531. The van der Waals surface area contributed by atoms with Crippen LogP contribution in [0.5, 0.6) is 5.75 Å². The average Bonchev–Trinajstić information content (AvgIpc) is 2.49. The van der Waals surface area contributed by atoms with Crippen molar-refractivity contribution in [2.24, 2.45) is 0 Å². The molecule has 1 amide bonds. The molecule has 0 aliphatic carbocycles. The molecule has 1 N–H and O–H groups in total. The third kappa shape index (κ3) is 4.46. The summed E-state index contributed by atoms with van der Waals surface area (Å²) in [5.41, 5.74) is 2.80. The lowest BCUT2D eigenvalue weighted by Gasteiger charge is -2.12. The first kappa shape index (κ1) is 16.3. The molecular weight excluding hydrogens is 342 g/mol. The number of rotatable bonds is 6. The van der Waals surface area contributed by atoms with Gasteiger partial charge in [0.05, 0.1) is 0 Å². The Morgan fingerprint density at radius 3 is 2.82 bits per heavy atom. The molecule has 0 aromatic heterocycles. The molecule has 0 saturated carbocycles. The Labute approximate surface area is 139 Å². The number of ether oxygens (including phenoxy) is 1. The standard InChI is InChI=1S/C18H18BrNO2/c1-3-6-14-7-4-5-8-17(14)22-12-18(21)20-16-10-9-15(19)11-13(16)2/h3-5,7-11H,1,6,12H2,2H3,(H,20,21). The van der Waals surface area contributed by atoms with Crippen LogP contribution in [0.2, 0.25) is 0 Å². The number of aryl methyl sites for hydroxylation is 1. The maximum Gasteiger partial charge on any atom is 0.262 e. The fourth-order valence-corrected chi connectivity index (χ4v) is 2.54. The number of amides is 1. The molecule has 0 aliphatic heterocycles. The van der Waals surface area contributed by atoms with Gasteiger partial charge in [-0.3, -0.25) is 4.79 Å². The maximum atomic E-state index is 12.0. The first-order valence-electron chi connectivity index (χ1n) is 6.97. The molecule has 0 saturated heterocycles. The van der Waals surface area contributed by atoms with Gasteiger partial charge in [0.2, 0.25) is 0 Å². The number of para-hydroxylation sites is 1. The Kier molecular flexibility index (Phi) is 5.78. The van der Waals surface area contributed by atoms with Crippen LogP contribution in [-0.2, 0) is 11.2 Å². The van der Waals surface area contributed by atoms with Gasteiger partial charge in [0.1, 0.15) is 5.75 Å². The van der Waals surface area contributed by atoms with E-state index in [2.05, 4.69) is 27.8 Å². The minimum absolute atomic E-state index is 0.0241. The van der Waals surface area contributed by atoms with Crippen LogP contribution in [0.3, 0.4) is 0 Å². The monoisotopic (exact) mass is 359 g/mol. The third-order valence-electron chi connectivity index (χ3n) is 3.16. The molecule has 2 aromatic carbocycles. The van der Waals surface area contributed by atoms with E-state index in [9.17, 15) is 4.79 Å². The zero-order chi connectivity index (χ0) is 15.9. The third-order valence-corrected chi connectivity index (χ3v) is 3.65. The van der Waals surface area contributed by atoms with Gasteiger partial charge in [-0.05, 0) is 48.7 Å². The lowest BCUT2D eigenvalue weighted by molar-refractivity contribution is -0.118. The van der Waals surface area contributed by atoms with Gasteiger partial charge < -0.3 is 10.1 Å². The molecule has 114 valence electrons. The average molecular weight is 360 g/mol. The number of hydrogen-bond donors (Lipinski definition) is 1. The van der Waals surface area contributed by atoms with Gasteiger partial charge in [0.25, 0.3) is 5.91 Å². The highest BCUT2D eigenvalue weighted by Gasteiger charge is 2.08. The molecule has 0 spiro atoms. The van der Waals surface area contributed by atoms with Crippen molar-refractivity contribution in [1.82, 2.24) is 0 Å². The van der Waals surface area contributed by atoms with Gasteiger partial charge in [-0.25, -0.2) is 0 Å². The zero-order valence-corrected chi connectivity index (χ0v) is 14.0. The fourth-order valence-electron chi connectivity index (χ4n) is 2.07. The van der Waals surface area contributed by atoms with Crippen LogP contribution in [0.4, 0.5) is 5.69 Å². The van der Waals surface area contributed by atoms with Gasteiger partial charge >= 0.3 is 0 Å². The normalized spacial score (nSPS) is 10.1. The SMILES string of the molecule is C=CCc1ccccc1OCC(=O)Nc1ccc(Br)cc1C. The van der Waals surface area contributed by atoms with E-state index in [0.29, 0.717) is 12.2 Å². The van der Waals surface area contributed by atoms with Gasteiger partial charge in [0.15, 0.2) is 6.61 Å². The second kappa shape index (κ2) is 7.80. The Hall–Kier alpha value is -2.07. The van der Waals surface area contributed by atoms with Crippen LogP contribution in [0.15, 0.2) is 59.6 Å². The highest BCUT2D eigenvalue weighted by Crippen LogP contribution is 2.21.